The van der Waals surface area contributed by atoms with Crippen molar-refractivity contribution in [1.29, 1.82) is 0 Å². The summed E-state index contributed by atoms with van der Waals surface area (Å²) in [4.78, 5) is 19.0. The third-order valence-corrected chi connectivity index (χ3v) is 7.03. The standard InChI is InChI=1S/C25H28F3N5O2/c1-15-23(33(14-29-15)13-16-6-7-16)21-12-20(30-31-21)22-11-19(8-9-35-22)32(2)24(34)17-4-3-5-18(10-17)25(26,27)28/h3-5,10,14,16,19,22H,6-9,11-13H2,1-2H3/t19-,22+/m1/s1. The number of carbonyl (C=O) groups excluding carboxylic acids is 1. The van der Waals surface area contributed by atoms with Gasteiger partial charge in [-0.1, -0.05) is 6.07 Å². The number of imidazole rings is 1. The summed E-state index contributed by atoms with van der Waals surface area (Å²) in [6, 6.07) is 4.38. The molecule has 3 aliphatic rings. The number of aromatic nitrogens is 2. The number of amides is 1. The normalized spacial score (nSPS) is 22.7. The smallest absolute Gasteiger partial charge is 0.372 e. The summed E-state index contributed by atoms with van der Waals surface area (Å²) in [6.07, 6.45) is 1.24. The third kappa shape index (κ3) is 5.03. The first-order valence-electron chi connectivity index (χ1n) is 11.9. The fraction of sp³-hybridized carbons (Fsp3) is 0.520. The highest BCUT2D eigenvalue weighted by Gasteiger charge is 2.35. The Hall–Kier alpha value is -3.01. The summed E-state index contributed by atoms with van der Waals surface area (Å²) in [5.41, 5.74) is 2.81. The molecule has 2 aliphatic heterocycles. The molecule has 2 atom stereocenters. The van der Waals surface area contributed by atoms with E-state index in [2.05, 4.69) is 19.8 Å². The lowest BCUT2D eigenvalue weighted by molar-refractivity contribution is -0.137. The Morgan fingerprint density at radius 3 is 2.77 bits per heavy atom. The monoisotopic (exact) mass is 487 g/mol. The molecule has 0 unspecified atom stereocenters. The fourth-order valence-electron chi connectivity index (χ4n) is 4.81. The van der Waals surface area contributed by atoms with Gasteiger partial charge in [0.25, 0.3) is 5.91 Å². The molecule has 3 heterocycles. The minimum absolute atomic E-state index is 0.0218. The van der Waals surface area contributed by atoms with Crippen LogP contribution in [0.15, 0.2) is 40.8 Å². The van der Waals surface area contributed by atoms with Crippen molar-refractivity contribution in [1.82, 2.24) is 14.5 Å². The van der Waals surface area contributed by atoms with Gasteiger partial charge in [0.05, 0.1) is 40.8 Å². The van der Waals surface area contributed by atoms with Crippen LogP contribution in [0.4, 0.5) is 13.2 Å². The number of hydrogen-bond acceptors (Lipinski definition) is 5. The van der Waals surface area contributed by atoms with Gasteiger partial charge in [0.15, 0.2) is 0 Å². The number of carbonyl (C=O) groups is 1. The first kappa shape index (κ1) is 23.7. The summed E-state index contributed by atoms with van der Waals surface area (Å²) < 4.78 is 47.4. The number of ether oxygens (including phenoxy) is 1. The van der Waals surface area contributed by atoms with E-state index >= 15 is 0 Å². The van der Waals surface area contributed by atoms with Gasteiger partial charge in [-0.3, -0.25) is 4.79 Å². The van der Waals surface area contributed by atoms with Gasteiger partial charge in [0, 0.05) is 38.2 Å². The molecular weight excluding hydrogens is 459 g/mol. The van der Waals surface area contributed by atoms with Crippen LogP contribution in [-0.4, -0.2) is 57.6 Å². The van der Waals surface area contributed by atoms with Gasteiger partial charge >= 0.3 is 6.18 Å². The molecule has 1 aliphatic carbocycles. The van der Waals surface area contributed by atoms with Crippen LogP contribution in [-0.2, 0) is 17.5 Å². The van der Waals surface area contributed by atoms with Gasteiger partial charge in [-0.2, -0.15) is 23.4 Å². The molecule has 35 heavy (non-hydrogen) atoms. The van der Waals surface area contributed by atoms with Gasteiger partial charge in [0.2, 0.25) is 0 Å². The second-order valence-corrected chi connectivity index (χ2v) is 9.62. The molecule has 7 nitrogen and oxygen atoms in total. The predicted octanol–water partition coefficient (Wildman–Crippen LogP) is 4.49. The van der Waals surface area contributed by atoms with Crippen molar-refractivity contribution < 1.29 is 22.7 Å². The van der Waals surface area contributed by atoms with Crippen LogP contribution < -0.4 is 0 Å². The lowest BCUT2D eigenvalue weighted by atomic mass is 9.95. The molecule has 2 fully saturated rings. The lowest BCUT2D eigenvalue weighted by Gasteiger charge is -2.35. The van der Waals surface area contributed by atoms with Crippen molar-refractivity contribution in [3.8, 4) is 0 Å². The van der Waals surface area contributed by atoms with Gasteiger partial charge in [-0.05, 0) is 56.7 Å². The minimum Gasteiger partial charge on any atom is -0.372 e. The van der Waals surface area contributed by atoms with Crippen LogP contribution in [0, 0.1) is 12.8 Å². The van der Waals surface area contributed by atoms with E-state index in [1.807, 2.05) is 13.3 Å². The largest absolute Gasteiger partial charge is 0.416 e. The molecule has 0 bridgehead atoms. The van der Waals surface area contributed by atoms with Gasteiger partial charge in [0.1, 0.15) is 0 Å². The lowest BCUT2D eigenvalue weighted by Crippen LogP contribution is -2.45. The van der Waals surface area contributed by atoms with Gasteiger partial charge in [-0.15, -0.1) is 0 Å². The molecule has 186 valence electrons. The van der Waals surface area contributed by atoms with E-state index < -0.39 is 17.6 Å². The molecule has 1 aromatic heterocycles. The molecule has 1 aromatic carbocycles. The highest BCUT2D eigenvalue weighted by Crippen LogP contribution is 2.33. The number of aryl methyl sites for hydroxylation is 1. The number of benzene rings is 1. The summed E-state index contributed by atoms with van der Waals surface area (Å²) in [5.74, 6) is 0.267. The molecule has 0 N–H and O–H groups in total. The van der Waals surface area contributed by atoms with Crippen molar-refractivity contribution >= 4 is 17.3 Å². The number of hydrogen-bond donors (Lipinski definition) is 0. The van der Waals surface area contributed by atoms with E-state index in [-0.39, 0.29) is 17.7 Å². The maximum Gasteiger partial charge on any atom is 0.416 e. The molecule has 1 saturated carbocycles. The highest BCUT2D eigenvalue weighted by atomic mass is 19.4. The average molecular weight is 488 g/mol. The number of alkyl halides is 3. The van der Waals surface area contributed by atoms with Crippen LogP contribution in [0.1, 0.15) is 59.4 Å². The first-order chi connectivity index (χ1) is 16.7. The summed E-state index contributed by atoms with van der Waals surface area (Å²) in [7, 11) is 1.63. The Kier molecular flexibility index (Phi) is 6.25. The van der Waals surface area contributed by atoms with Crippen LogP contribution in [0.5, 0.6) is 0 Å². The predicted molar refractivity (Wildman–Crippen MR) is 125 cm³/mol. The maximum atomic E-state index is 13.1. The van der Waals surface area contributed by atoms with Gasteiger partial charge in [-0.25, -0.2) is 4.98 Å². The van der Waals surface area contributed by atoms with E-state index in [1.165, 1.54) is 29.9 Å². The second kappa shape index (κ2) is 9.22. The second-order valence-electron chi connectivity index (χ2n) is 9.62. The zero-order chi connectivity index (χ0) is 24.7. The van der Waals surface area contributed by atoms with Crippen LogP contribution in [0.2, 0.25) is 0 Å². The van der Waals surface area contributed by atoms with Crippen molar-refractivity contribution in [2.45, 2.75) is 63.9 Å². The zero-order valence-corrected chi connectivity index (χ0v) is 19.8. The first-order valence-corrected chi connectivity index (χ1v) is 11.9. The molecule has 2 aromatic rings. The third-order valence-electron chi connectivity index (χ3n) is 7.03. The number of nitrogens with zero attached hydrogens (tertiary/aromatic N) is 5. The van der Waals surface area contributed by atoms with E-state index in [0.29, 0.717) is 31.8 Å². The summed E-state index contributed by atoms with van der Waals surface area (Å²) in [6.45, 7) is 3.35. The fourth-order valence-corrected chi connectivity index (χ4v) is 4.81. The SMILES string of the molecule is Cc1ncn(CC2CC2)c1C1=NN=C([C@@H]2C[C@H](N(C)C(=O)c3cccc(C(F)(F)F)c3)CCO2)C1. The topological polar surface area (TPSA) is 72.1 Å². The summed E-state index contributed by atoms with van der Waals surface area (Å²) in [5, 5.41) is 8.87. The van der Waals surface area contributed by atoms with Crippen molar-refractivity contribution in [2.75, 3.05) is 13.7 Å². The van der Waals surface area contributed by atoms with Crippen molar-refractivity contribution in [3.63, 3.8) is 0 Å². The van der Waals surface area contributed by atoms with Gasteiger partial charge < -0.3 is 14.2 Å². The molecule has 1 saturated heterocycles. The van der Waals surface area contributed by atoms with E-state index in [4.69, 9.17) is 4.74 Å². The average Bonchev–Trinajstić information content (AvgIpc) is 3.40. The summed E-state index contributed by atoms with van der Waals surface area (Å²) >= 11 is 0. The van der Waals surface area contributed by atoms with E-state index in [1.54, 1.807) is 7.05 Å². The van der Waals surface area contributed by atoms with E-state index in [0.717, 1.165) is 41.5 Å². The number of rotatable bonds is 6. The van der Waals surface area contributed by atoms with E-state index in [9.17, 15) is 18.0 Å². The molecule has 10 heteroatoms. The maximum absolute atomic E-state index is 13.1. The molecule has 1 amide bonds. The quantitative estimate of drug-likeness (QED) is 0.603. The Bertz CT molecular complexity index is 1180. The Morgan fingerprint density at radius 2 is 2.03 bits per heavy atom. The van der Waals surface area contributed by atoms with Crippen molar-refractivity contribution in [3.05, 3.63) is 53.1 Å². The Labute approximate surface area is 201 Å². The van der Waals surface area contributed by atoms with Crippen LogP contribution in [0.3, 0.4) is 0 Å². The number of halogens is 3. The zero-order valence-electron chi connectivity index (χ0n) is 19.8. The highest BCUT2D eigenvalue weighted by molar-refractivity contribution is 6.16. The molecule has 0 radical (unpaired) electrons. The van der Waals surface area contributed by atoms with Crippen LogP contribution in [0.25, 0.3) is 0 Å². The molecule has 5 rings (SSSR count). The van der Waals surface area contributed by atoms with Crippen molar-refractivity contribution in [2.24, 2.45) is 16.1 Å². The molecular formula is C25H28F3N5O2. The Balaban J connectivity index is 1.24. The van der Waals surface area contributed by atoms with Crippen LogP contribution >= 0.6 is 0 Å². The molecule has 0 spiro atoms. The minimum atomic E-state index is -4.50. The Morgan fingerprint density at radius 1 is 1.23 bits per heavy atom.